The Hall–Kier alpha value is -3.61. The molecule has 1 amide bonds. The van der Waals surface area contributed by atoms with Gasteiger partial charge in [0.1, 0.15) is 5.69 Å². The fourth-order valence-corrected chi connectivity index (χ4v) is 2.71. The highest BCUT2D eigenvalue weighted by molar-refractivity contribution is 5.97. The molecule has 0 unspecified atom stereocenters. The number of hydrogen-bond donors (Lipinski definition) is 1. The lowest BCUT2D eigenvalue weighted by atomic mass is 10.2. The van der Waals surface area contributed by atoms with Gasteiger partial charge in [-0.2, -0.15) is 0 Å². The van der Waals surface area contributed by atoms with Crippen LogP contribution in [0.1, 0.15) is 10.4 Å². The molecule has 7 nitrogen and oxygen atoms in total. The summed E-state index contributed by atoms with van der Waals surface area (Å²) < 4.78 is 1.97. The van der Waals surface area contributed by atoms with Gasteiger partial charge in [-0.05, 0) is 30.3 Å². The molecule has 4 rings (SSSR count). The minimum absolute atomic E-state index is 0.142. The zero-order valence-corrected chi connectivity index (χ0v) is 13.9. The fraction of sp³-hybridized carbons (Fsp3) is 0.105. The number of aromatic nitrogens is 5. The number of fused-ring (bicyclic) bond motifs is 1. The van der Waals surface area contributed by atoms with E-state index in [2.05, 4.69) is 25.3 Å². The molecule has 7 heteroatoms. The highest BCUT2D eigenvalue weighted by Crippen LogP contribution is 2.14. The lowest BCUT2D eigenvalue weighted by Gasteiger charge is -2.09. The largest absolute Gasteiger partial charge is 0.350 e. The van der Waals surface area contributed by atoms with Gasteiger partial charge < -0.3 is 9.88 Å². The lowest BCUT2D eigenvalue weighted by Crippen LogP contribution is -2.27. The Balaban J connectivity index is 1.42. The Kier molecular flexibility index (Phi) is 4.34. The van der Waals surface area contributed by atoms with E-state index < -0.39 is 0 Å². The van der Waals surface area contributed by atoms with Crippen LogP contribution in [0, 0.1) is 0 Å². The molecule has 0 aliphatic rings. The number of benzene rings is 1. The van der Waals surface area contributed by atoms with Crippen molar-refractivity contribution in [3.8, 4) is 11.5 Å². The Morgan fingerprint density at radius 1 is 0.923 bits per heavy atom. The number of carbonyl (C=O) groups is 1. The maximum Gasteiger partial charge on any atom is 0.251 e. The molecule has 0 aliphatic heterocycles. The molecular weight excluding hydrogens is 328 g/mol. The average Bonchev–Trinajstić information content (AvgIpc) is 3.17. The van der Waals surface area contributed by atoms with Crippen LogP contribution in [0.2, 0.25) is 0 Å². The van der Waals surface area contributed by atoms with Crippen molar-refractivity contribution in [2.24, 2.45) is 0 Å². The first-order valence-corrected chi connectivity index (χ1v) is 8.23. The predicted molar refractivity (Wildman–Crippen MR) is 97.3 cm³/mol. The van der Waals surface area contributed by atoms with Gasteiger partial charge in [0.2, 0.25) is 0 Å². The summed E-state index contributed by atoms with van der Waals surface area (Å²) >= 11 is 0. The van der Waals surface area contributed by atoms with Crippen molar-refractivity contribution in [3.05, 3.63) is 72.9 Å². The number of nitrogens with one attached hydrogen (secondary N) is 1. The summed E-state index contributed by atoms with van der Waals surface area (Å²) in [6, 6.07) is 11.0. The molecule has 0 saturated heterocycles. The summed E-state index contributed by atoms with van der Waals surface area (Å²) in [7, 11) is 0. The quantitative estimate of drug-likeness (QED) is 0.600. The first-order chi connectivity index (χ1) is 12.8. The van der Waals surface area contributed by atoms with Gasteiger partial charge in [-0.15, -0.1) is 0 Å². The number of nitrogens with zero attached hydrogens (tertiary/aromatic N) is 5. The molecule has 3 aromatic heterocycles. The maximum absolute atomic E-state index is 12.4. The molecule has 0 spiro atoms. The Bertz CT molecular complexity index is 1040. The van der Waals surface area contributed by atoms with Crippen LogP contribution in [0.25, 0.3) is 22.6 Å². The fourth-order valence-electron chi connectivity index (χ4n) is 2.71. The Morgan fingerprint density at radius 2 is 1.81 bits per heavy atom. The minimum Gasteiger partial charge on any atom is -0.350 e. The van der Waals surface area contributed by atoms with Crippen LogP contribution in [-0.2, 0) is 6.54 Å². The van der Waals surface area contributed by atoms with E-state index in [1.54, 1.807) is 43.0 Å². The first kappa shape index (κ1) is 15.9. The second-order valence-corrected chi connectivity index (χ2v) is 5.67. The van der Waals surface area contributed by atoms with Gasteiger partial charge in [0, 0.05) is 49.6 Å². The predicted octanol–water partition coefficient (Wildman–Crippen LogP) is 2.32. The zero-order valence-electron chi connectivity index (χ0n) is 13.9. The second kappa shape index (κ2) is 7.10. The summed E-state index contributed by atoms with van der Waals surface area (Å²) in [5.41, 5.74) is 2.83. The summed E-state index contributed by atoms with van der Waals surface area (Å²) in [4.78, 5) is 29.5. The molecule has 0 bridgehead atoms. The number of pyridine rings is 1. The van der Waals surface area contributed by atoms with Crippen LogP contribution in [0.5, 0.6) is 0 Å². The van der Waals surface area contributed by atoms with Crippen molar-refractivity contribution in [3.63, 3.8) is 0 Å². The van der Waals surface area contributed by atoms with Gasteiger partial charge in [-0.3, -0.25) is 19.7 Å². The topological polar surface area (TPSA) is 85.6 Å². The van der Waals surface area contributed by atoms with Gasteiger partial charge >= 0.3 is 0 Å². The molecular formula is C19H16N6O. The SMILES string of the molecule is O=C(NCCn1ccnc1-c1ccccn1)c1ccc2nccnc2c1. The number of amides is 1. The number of rotatable bonds is 5. The van der Waals surface area contributed by atoms with E-state index in [0.717, 1.165) is 17.0 Å². The first-order valence-electron chi connectivity index (χ1n) is 8.23. The van der Waals surface area contributed by atoms with E-state index in [-0.39, 0.29) is 5.91 Å². The molecule has 0 fully saturated rings. The van der Waals surface area contributed by atoms with Crippen LogP contribution >= 0.6 is 0 Å². The van der Waals surface area contributed by atoms with Gasteiger partial charge in [0.15, 0.2) is 5.82 Å². The molecule has 0 atom stereocenters. The van der Waals surface area contributed by atoms with Crippen LogP contribution in [0.15, 0.2) is 67.4 Å². The molecule has 128 valence electrons. The van der Waals surface area contributed by atoms with Crippen molar-refractivity contribution in [1.82, 2.24) is 29.8 Å². The highest BCUT2D eigenvalue weighted by atomic mass is 16.1. The molecule has 26 heavy (non-hydrogen) atoms. The van der Waals surface area contributed by atoms with Crippen LogP contribution in [-0.4, -0.2) is 37.0 Å². The molecule has 0 radical (unpaired) electrons. The monoisotopic (exact) mass is 344 g/mol. The van der Waals surface area contributed by atoms with Crippen molar-refractivity contribution in [1.29, 1.82) is 0 Å². The zero-order chi connectivity index (χ0) is 17.8. The molecule has 0 saturated carbocycles. The number of imidazole rings is 1. The number of hydrogen-bond acceptors (Lipinski definition) is 5. The Morgan fingerprint density at radius 3 is 2.65 bits per heavy atom. The van der Waals surface area contributed by atoms with E-state index in [1.807, 2.05) is 29.0 Å². The highest BCUT2D eigenvalue weighted by Gasteiger charge is 2.09. The van der Waals surface area contributed by atoms with Crippen molar-refractivity contribution in [2.75, 3.05) is 6.54 Å². The van der Waals surface area contributed by atoms with E-state index >= 15 is 0 Å². The van der Waals surface area contributed by atoms with Crippen molar-refractivity contribution >= 4 is 16.9 Å². The third-order valence-corrected chi connectivity index (χ3v) is 3.98. The smallest absolute Gasteiger partial charge is 0.251 e. The number of carbonyl (C=O) groups excluding carboxylic acids is 1. The average molecular weight is 344 g/mol. The normalized spacial score (nSPS) is 10.8. The van der Waals surface area contributed by atoms with Gasteiger partial charge in [-0.1, -0.05) is 6.07 Å². The van der Waals surface area contributed by atoms with Gasteiger partial charge in [0.05, 0.1) is 11.0 Å². The molecule has 0 aliphatic carbocycles. The Labute approximate surface area is 149 Å². The summed E-state index contributed by atoms with van der Waals surface area (Å²) in [5, 5.41) is 2.92. The van der Waals surface area contributed by atoms with E-state index in [1.165, 1.54) is 0 Å². The van der Waals surface area contributed by atoms with Crippen LogP contribution in [0.4, 0.5) is 0 Å². The van der Waals surface area contributed by atoms with E-state index in [0.29, 0.717) is 24.2 Å². The van der Waals surface area contributed by atoms with E-state index in [9.17, 15) is 4.79 Å². The second-order valence-electron chi connectivity index (χ2n) is 5.67. The third kappa shape index (κ3) is 3.27. The lowest BCUT2D eigenvalue weighted by molar-refractivity contribution is 0.0952. The van der Waals surface area contributed by atoms with Gasteiger partial charge in [-0.25, -0.2) is 4.98 Å². The van der Waals surface area contributed by atoms with Gasteiger partial charge in [0.25, 0.3) is 5.91 Å². The van der Waals surface area contributed by atoms with Crippen molar-refractivity contribution < 1.29 is 4.79 Å². The summed E-state index contributed by atoms with van der Waals surface area (Å²) in [6.07, 6.45) is 8.59. The van der Waals surface area contributed by atoms with Crippen LogP contribution < -0.4 is 5.32 Å². The third-order valence-electron chi connectivity index (χ3n) is 3.98. The van der Waals surface area contributed by atoms with E-state index in [4.69, 9.17) is 0 Å². The van der Waals surface area contributed by atoms with Crippen molar-refractivity contribution in [2.45, 2.75) is 6.54 Å². The summed E-state index contributed by atoms with van der Waals surface area (Å²) in [5.74, 6) is 0.637. The molecule has 1 aromatic carbocycles. The maximum atomic E-state index is 12.4. The summed E-state index contributed by atoms with van der Waals surface area (Å²) in [6.45, 7) is 1.08. The molecule has 4 aromatic rings. The van der Waals surface area contributed by atoms with Crippen LogP contribution in [0.3, 0.4) is 0 Å². The molecule has 1 N–H and O–H groups in total. The standard InChI is InChI=1S/C19H16N6O/c26-19(14-4-5-15-17(13-14)22-8-7-21-15)24-10-12-25-11-9-23-18(25)16-3-1-2-6-20-16/h1-9,11,13H,10,12H2,(H,24,26). The minimum atomic E-state index is -0.142. The molecule has 3 heterocycles.